The van der Waals surface area contributed by atoms with Gasteiger partial charge in [0, 0.05) is 18.5 Å². The molecule has 2 atom stereocenters. The van der Waals surface area contributed by atoms with Crippen LogP contribution in [0.1, 0.15) is 12.8 Å². The van der Waals surface area contributed by atoms with Crippen LogP contribution in [-0.4, -0.2) is 43.8 Å². The number of nitrogens with zero attached hydrogens (tertiary/aromatic N) is 1. The SMILES string of the molecule is CN1CCC(NC(=O)OCC2C=CC=CC2)C1. The first kappa shape index (κ1) is 12.2. The van der Waals surface area contributed by atoms with Crippen LogP contribution >= 0.6 is 0 Å². The Kier molecular flexibility index (Phi) is 4.20. The molecule has 1 heterocycles. The number of rotatable bonds is 3. The van der Waals surface area contributed by atoms with Gasteiger partial charge < -0.3 is 15.0 Å². The van der Waals surface area contributed by atoms with Crippen LogP contribution in [0.15, 0.2) is 24.3 Å². The van der Waals surface area contributed by atoms with Crippen LogP contribution in [0.3, 0.4) is 0 Å². The van der Waals surface area contributed by atoms with Crippen LogP contribution in [0.25, 0.3) is 0 Å². The van der Waals surface area contributed by atoms with Gasteiger partial charge in [-0.05, 0) is 26.4 Å². The first-order valence-electron chi connectivity index (χ1n) is 6.19. The Morgan fingerprint density at radius 2 is 2.41 bits per heavy atom. The second kappa shape index (κ2) is 5.87. The molecule has 0 saturated carbocycles. The van der Waals surface area contributed by atoms with Crippen LogP contribution in [0.2, 0.25) is 0 Å². The first-order valence-corrected chi connectivity index (χ1v) is 6.19. The molecule has 4 heteroatoms. The fourth-order valence-electron chi connectivity index (χ4n) is 2.20. The monoisotopic (exact) mass is 236 g/mol. The average molecular weight is 236 g/mol. The highest BCUT2D eigenvalue weighted by Gasteiger charge is 2.21. The highest BCUT2D eigenvalue weighted by molar-refractivity contribution is 5.67. The molecule has 1 amide bonds. The van der Waals surface area contributed by atoms with E-state index in [1.54, 1.807) is 0 Å². The zero-order chi connectivity index (χ0) is 12.1. The topological polar surface area (TPSA) is 41.6 Å². The molecule has 1 saturated heterocycles. The molecule has 94 valence electrons. The molecule has 0 bridgehead atoms. The fraction of sp³-hybridized carbons (Fsp3) is 0.615. The second-order valence-electron chi connectivity index (χ2n) is 4.80. The van der Waals surface area contributed by atoms with Gasteiger partial charge in [0.1, 0.15) is 0 Å². The van der Waals surface area contributed by atoms with Crippen LogP contribution in [-0.2, 0) is 4.74 Å². The predicted octanol–water partition coefficient (Wildman–Crippen LogP) is 1.55. The summed E-state index contributed by atoms with van der Waals surface area (Å²) < 4.78 is 5.22. The maximum atomic E-state index is 11.6. The van der Waals surface area contributed by atoms with Gasteiger partial charge in [-0.1, -0.05) is 24.3 Å². The third kappa shape index (κ3) is 3.89. The minimum atomic E-state index is -0.284. The molecule has 2 rings (SSSR count). The highest BCUT2D eigenvalue weighted by Crippen LogP contribution is 2.12. The van der Waals surface area contributed by atoms with E-state index in [2.05, 4.69) is 29.4 Å². The molecule has 0 aromatic heterocycles. The van der Waals surface area contributed by atoms with E-state index in [1.165, 1.54) is 0 Å². The Hall–Kier alpha value is -1.29. The summed E-state index contributed by atoms with van der Waals surface area (Å²) in [5.74, 6) is 0.331. The molecule has 2 unspecified atom stereocenters. The summed E-state index contributed by atoms with van der Waals surface area (Å²) in [7, 11) is 2.06. The van der Waals surface area contributed by atoms with Gasteiger partial charge in [0.15, 0.2) is 0 Å². The minimum absolute atomic E-state index is 0.245. The molecule has 1 aliphatic carbocycles. The average Bonchev–Trinajstić information content (AvgIpc) is 2.73. The van der Waals surface area contributed by atoms with Gasteiger partial charge in [0.2, 0.25) is 0 Å². The maximum absolute atomic E-state index is 11.6. The predicted molar refractivity (Wildman–Crippen MR) is 66.8 cm³/mol. The van der Waals surface area contributed by atoms with Gasteiger partial charge in [-0.25, -0.2) is 4.79 Å². The molecule has 0 aromatic rings. The summed E-state index contributed by atoms with van der Waals surface area (Å²) in [5, 5.41) is 2.90. The molecule has 1 fully saturated rings. The van der Waals surface area contributed by atoms with Gasteiger partial charge in [-0.3, -0.25) is 0 Å². The van der Waals surface area contributed by atoms with E-state index >= 15 is 0 Å². The fourth-order valence-corrected chi connectivity index (χ4v) is 2.20. The van der Waals surface area contributed by atoms with E-state index in [0.717, 1.165) is 25.9 Å². The van der Waals surface area contributed by atoms with Gasteiger partial charge in [0.25, 0.3) is 0 Å². The Bertz CT molecular complexity index is 325. The number of amides is 1. The number of likely N-dealkylation sites (tertiary alicyclic amines) is 1. The molecular formula is C13H20N2O2. The van der Waals surface area contributed by atoms with Crippen molar-refractivity contribution in [3.8, 4) is 0 Å². The van der Waals surface area contributed by atoms with E-state index in [1.807, 2.05) is 12.2 Å². The maximum Gasteiger partial charge on any atom is 0.407 e. The summed E-state index contributed by atoms with van der Waals surface area (Å²) >= 11 is 0. The Labute approximate surface area is 102 Å². The number of likely N-dealkylation sites (N-methyl/N-ethyl adjacent to an activating group) is 1. The van der Waals surface area contributed by atoms with E-state index in [9.17, 15) is 4.79 Å². The van der Waals surface area contributed by atoms with Gasteiger partial charge in [0.05, 0.1) is 6.61 Å². The lowest BCUT2D eigenvalue weighted by Gasteiger charge is -2.16. The van der Waals surface area contributed by atoms with Crippen molar-refractivity contribution in [2.45, 2.75) is 18.9 Å². The molecular weight excluding hydrogens is 216 g/mol. The zero-order valence-corrected chi connectivity index (χ0v) is 10.3. The first-order chi connectivity index (χ1) is 8.24. The van der Waals surface area contributed by atoms with Gasteiger partial charge >= 0.3 is 6.09 Å². The molecule has 1 N–H and O–H groups in total. The molecule has 0 aromatic carbocycles. The second-order valence-corrected chi connectivity index (χ2v) is 4.80. The molecule has 0 radical (unpaired) electrons. The van der Waals surface area contributed by atoms with Crippen LogP contribution in [0, 0.1) is 5.92 Å². The molecule has 0 spiro atoms. The summed E-state index contributed by atoms with van der Waals surface area (Å²) in [6, 6.07) is 0.245. The number of alkyl carbamates (subject to hydrolysis) is 1. The molecule has 17 heavy (non-hydrogen) atoms. The summed E-state index contributed by atoms with van der Waals surface area (Å²) in [6.07, 6.45) is 9.88. The van der Waals surface area contributed by atoms with E-state index in [4.69, 9.17) is 4.74 Å². The number of ether oxygens (including phenoxy) is 1. The Morgan fingerprint density at radius 1 is 1.53 bits per heavy atom. The number of carbonyl (C=O) groups excluding carboxylic acids is 1. The number of hydrogen-bond acceptors (Lipinski definition) is 3. The standard InChI is InChI=1S/C13H20N2O2/c1-15-8-7-12(9-15)14-13(16)17-10-11-5-3-2-4-6-11/h2-5,11-12H,6-10H2,1H3,(H,14,16). The lowest BCUT2D eigenvalue weighted by atomic mass is 10.0. The van der Waals surface area contributed by atoms with Crippen molar-refractivity contribution < 1.29 is 9.53 Å². The largest absolute Gasteiger partial charge is 0.449 e. The molecule has 1 aliphatic heterocycles. The van der Waals surface area contributed by atoms with Crippen molar-refractivity contribution >= 4 is 6.09 Å². The van der Waals surface area contributed by atoms with Crippen LogP contribution in [0.5, 0.6) is 0 Å². The summed E-state index contributed by atoms with van der Waals surface area (Å²) in [4.78, 5) is 13.8. The number of allylic oxidation sites excluding steroid dienone is 3. The van der Waals surface area contributed by atoms with Crippen molar-refractivity contribution in [1.29, 1.82) is 0 Å². The lowest BCUT2D eigenvalue weighted by molar-refractivity contribution is 0.131. The Morgan fingerprint density at radius 3 is 3.06 bits per heavy atom. The Balaban J connectivity index is 1.64. The molecule has 2 aliphatic rings. The normalized spacial score (nSPS) is 28.3. The van der Waals surface area contributed by atoms with E-state index < -0.39 is 0 Å². The smallest absolute Gasteiger partial charge is 0.407 e. The van der Waals surface area contributed by atoms with Crippen molar-refractivity contribution in [2.24, 2.45) is 5.92 Å². The minimum Gasteiger partial charge on any atom is -0.449 e. The highest BCUT2D eigenvalue weighted by atomic mass is 16.5. The van der Waals surface area contributed by atoms with Gasteiger partial charge in [-0.15, -0.1) is 0 Å². The quantitative estimate of drug-likeness (QED) is 0.808. The van der Waals surface area contributed by atoms with Crippen LogP contribution in [0.4, 0.5) is 4.79 Å². The number of hydrogen-bond donors (Lipinski definition) is 1. The van der Waals surface area contributed by atoms with Crippen molar-refractivity contribution in [2.75, 3.05) is 26.7 Å². The number of carbonyl (C=O) groups is 1. The van der Waals surface area contributed by atoms with E-state index in [-0.39, 0.29) is 12.1 Å². The van der Waals surface area contributed by atoms with E-state index in [0.29, 0.717) is 12.5 Å². The van der Waals surface area contributed by atoms with Crippen molar-refractivity contribution in [3.05, 3.63) is 24.3 Å². The third-order valence-electron chi connectivity index (χ3n) is 3.21. The number of nitrogens with one attached hydrogen (secondary N) is 1. The van der Waals surface area contributed by atoms with Gasteiger partial charge in [-0.2, -0.15) is 0 Å². The lowest BCUT2D eigenvalue weighted by Crippen LogP contribution is -2.37. The summed E-state index contributed by atoms with van der Waals surface area (Å²) in [5.41, 5.74) is 0. The molecule has 4 nitrogen and oxygen atoms in total. The zero-order valence-electron chi connectivity index (χ0n) is 10.3. The van der Waals surface area contributed by atoms with Crippen LogP contribution < -0.4 is 5.32 Å². The summed E-state index contributed by atoms with van der Waals surface area (Å²) in [6.45, 7) is 2.43. The van der Waals surface area contributed by atoms with Crippen molar-refractivity contribution in [1.82, 2.24) is 10.2 Å². The third-order valence-corrected chi connectivity index (χ3v) is 3.21. The van der Waals surface area contributed by atoms with Crippen molar-refractivity contribution in [3.63, 3.8) is 0 Å².